The van der Waals surface area contributed by atoms with Crippen molar-refractivity contribution in [2.75, 3.05) is 36.4 Å². The Hall–Kier alpha value is -4.54. The predicted octanol–water partition coefficient (Wildman–Crippen LogP) is 5.29. The molecule has 1 N–H and O–H groups in total. The van der Waals surface area contributed by atoms with Crippen molar-refractivity contribution in [1.29, 1.82) is 5.26 Å². The maximum absolute atomic E-state index is 13.0. The van der Waals surface area contributed by atoms with E-state index in [1.165, 1.54) is 0 Å². The topological polar surface area (TPSA) is 85.2 Å². The van der Waals surface area contributed by atoms with E-state index in [1.54, 1.807) is 18.3 Å². The molecule has 0 spiro atoms. The molecule has 2 aromatic carbocycles. The van der Waals surface area contributed by atoms with Gasteiger partial charge in [0.15, 0.2) is 0 Å². The van der Waals surface area contributed by atoms with Gasteiger partial charge in [0.2, 0.25) is 0 Å². The average Bonchev–Trinajstić information content (AvgIpc) is 3.20. The number of amides is 1. The number of rotatable bonds is 6. The van der Waals surface area contributed by atoms with E-state index in [-0.39, 0.29) is 5.91 Å². The molecule has 7 heteroatoms. The van der Waals surface area contributed by atoms with Crippen molar-refractivity contribution >= 4 is 17.4 Å². The van der Waals surface area contributed by atoms with Crippen LogP contribution >= 0.6 is 0 Å². The number of pyridine rings is 2. The lowest BCUT2D eigenvalue weighted by Crippen LogP contribution is -2.31. The van der Waals surface area contributed by atoms with Crippen LogP contribution in [0.25, 0.3) is 11.1 Å². The van der Waals surface area contributed by atoms with E-state index in [2.05, 4.69) is 37.2 Å². The lowest BCUT2D eigenvalue weighted by atomic mass is 9.97. The molecule has 0 radical (unpaired) electrons. The largest absolute Gasteiger partial charge is 0.355 e. The van der Waals surface area contributed by atoms with E-state index < -0.39 is 0 Å². The van der Waals surface area contributed by atoms with Crippen LogP contribution in [0.15, 0.2) is 85.2 Å². The highest BCUT2D eigenvalue weighted by molar-refractivity contribution is 6.05. The number of carbonyl (C=O) groups excluding carboxylic acids is 1. The van der Waals surface area contributed by atoms with Crippen LogP contribution in [0.4, 0.5) is 11.5 Å². The number of benzene rings is 2. The van der Waals surface area contributed by atoms with Gasteiger partial charge >= 0.3 is 0 Å². The molecule has 2 aromatic heterocycles. The molecule has 0 bridgehead atoms. The van der Waals surface area contributed by atoms with Crippen molar-refractivity contribution in [2.45, 2.75) is 19.9 Å². The van der Waals surface area contributed by atoms with Gasteiger partial charge in [-0.3, -0.25) is 14.7 Å². The Labute approximate surface area is 223 Å². The summed E-state index contributed by atoms with van der Waals surface area (Å²) >= 11 is 0. The minimum absolute atomic E-state index is 0.186. The normalized spacial score (nSPS) is 13.9. The molecule has 0 saturated carbocycles. The van der Waals surface area contributed by atoms with Gasteiger partial charge in [0.1, 0.15) is 5.82 Å². The zero-order valence-corrected chi connectivity index (χ0v) is 21.5. The van der Waals surface area contributed by atoms with Gasteiger partial charge < -0.3 is 10.2 Å². The minimum Gasteiger partial charge on any atom is -0.355 e. The second-order valence-electron chi connectivity index (χ2n) is 9.52. The van der Waals surface area contributed by atoms with Crippen LogP contribution in [0, 0.1) is 18.3 Å². The molecule has 1 fully saturated rings. The first kappa shape index (κ1) is 25.1. The van der Waals surface area contributed by atoms with Crippen LogP contribution in [0.5, 0.6) is 0 Å². The van der Waals surface area contributed by atoms with Gasteiger partial charge in [-0.25, -0.2) is 4.98 Å². The van der Waals surface area contributed by atoms with Gasteiger partial charge in [-0.1, -0.05) is 24.3 Å². The number of nitriles is 1. The van der Waals surface area contributed by atoms with E-state index in [0.717, 1.165) is 67.3 Å². The monoisotopic (exact) mass is 502 g/mol. The van der Waals surface area contributed by atoms with Crippen LogP contribution in [-0.2, 0) is 6.54 Å². The molecule has 7 nitrogen and oxygen atoms in total. The molecule has 1 saturated heterocycles. The SMILES string of the molecule is Cc1ccc(C(=O)Nc2ccc(N3CCCN(Cc4ccccn4)CC3)nc2)cc1-c1ccc(C#N)cc1. The molecule has 1 aliphatic rings. The maximum atomic E-state index is 13.0. The number of carbonyl (C=O) groups is 1. The van der Waals surface area contributed by atoms with E-state index in [0.29, 0.717) is 16.8 Å². The third kappa shape index (κ3) is 6.05. The zero-order chi connectivity index (χ0) is 26.3. The number of nitrogens with one attached hydrogen (secondary N) is 1. The van der Waals surface area contributed by atoms with Crippen LogP contribution in [-0.4, -0.2) is 47.0 Å². The number of aryl methyl sites for hydroxylation is 1. The summed E-state index contributed by atoms with van der Waals surface area (Å²) in [6, 6.07) is 25.1. The summed E-state index contributed by atoms with van der Waals surface area (Å²) in [7, 11) is 0. The van der Waals surface area contributed by atoms with Crippen molar-refractivity contribution in [2.24, 2.45) is 0 Å². The number of hydrogen-bond acceptors (Lipinski definition) is 6. The number of anilines is 2. The molecule has 0 aliphatic carbocycles. The molecule has 1 amide bonds. The van der Waals surface area contributed by atoms with E-state index in [9.17, 15) is 4.79 Å². The number of hydrogen-bond donors (Lipinski definition) is 1. The zero-order valence-electron chi connectivity index (χ0n) is 21.5. The van der Waals surface area contributed by atoms with Gasteiger partial charge in [0.25, 0.3) is 5.91 Å². The van der Waals surface area contributed by atoms with Crippen LogP contribution in [0.3, 0.4) is 0 Å². The summed E-state index contributed by atoms with van der Waals surface area (Å²) in [5.41, 5.74) is 5.93. The highest BCUT2D eigenvalue weighted by Gasteiger charge is 2.17. The van der Waals surface area contributed by atoms with E-state index in [4.69, 9.17) is 5.26 Å². The summed E-state index contributed by atoms with van der Waals surface area (Å²) in [5, 5.41) is 12.0. The van der Waals surface area contributed by atoms with Gasteiger partial charge in [-0.2, -0.15) is 5.26 Å². The Balaban J connectivity index is 1.21. The fraction of sp³-hybridized carbons (Fsp3) is 0.226. The van der Waals surface area contributed by atoms with Crippen molar-refractivity contribution in [1.82, 2.24) is 14.9 Å². The maximum Gasteiger partial charge on any atom is 0.255 e. The summed E-state index contributed by atoms with van der Waals surface area (Å²) in [4.78, 5) is 26.9. The first-order valence-corrected chi connectivity index (χ1v) is 12.8. The molecule has 0 atom stereocenters. The molecule has 1 aliphatic heterocycles. The molecule has 190 valence electrons. The van der Waals surface area contributed by atoms with Crippen molar-refractivity contribution < 1.29 is 4.79 Å². The lowest BCUT2D eigenvalue weighted by molar-refractivity contribution is 0.102. The van der Waals surface area contributed by atoms with Gasteiger partial charge in [-0.15, -0.1) is 0 Å². The fourth-order valence-electron chi connectivity index (χ4n) is 4.73. The Morgan fingerprint density at radius 2 is 1.84 bits per heavy atom. The second-order valence-corrected chi connectivity index (χ2v) is 9.52. The Bertz CT molecular complexity index is 1430. The van der Waals surface area contributed by atoms with Gasteiger partial charge in [-0.05, 0) is 78.6 Å². The lowest BCUT2D eigenvalue weighted by Gasteiger charge is -2.22. The number of nitrogens with zero attached hydrogens (tertiary/aromatic N) is 5. The molecular formula is C31H30N6O. The minimum atomic E-state index is -0.186. The summed E-state index contributed by atoms with van der Waals surface area (Å²) < 4.78 is 0. The quantitative estimate of drug-likeness (QED) is 0.386. The first-order valence-electron chi connectivity index (χ1n) is 12.8. The smallest absolute Gasteiger partial charge is 0.255 e. The third-order valence-corrected chi connectivity index (χ3v) is 6.85. The van der Waals surface area contributed by atoms with Crippen molar-refractivity contribution in [3.05, 3.63) is 108 Å². The van der Waals surface area contributed by atoms with Gasteiger partial charge in [0.05, 0.1) is 29.2 Å². The summed E-state index contributed by atoms with van der Waals surface area (Å²) in [6.07, 6.45) is 4.62. The van der Waals surface area contributed by atoms with Crippen LogP contribution in [0.2, 0.25) is 0 Å². The highest BCUT2D eigenvalue weighted by Crippen LogP contribution is 2.26. The molecular weight excluding hydrogens is 472 g/mol. The number of aromatic nitrogens is 2. The second kappa shape index (κ2) is 11.7. The standard InChI is InChI=1S/C31H30N6O/c1-23-6-9-26(19-29(23)25-10-7-24(20-32)8-11-25)31(38)35-27-12-13-30(34-21-27)37-16-4-15-36(17-18-37)22-28-5-2-3-14-33-28/h2-3,5-14,19,21H,4,15-18,22H2,1H3,(H,35,38). The Morgan fingerprint density at radius 1 is 0.974 bits per heavy atom. The van der Waals surface area contributed by atoms with E-state index in [1.807, 2.05) is 67.7 Å². The summed E-state index contributed by atoms with van der Waals surface area (Å²) in [5.74, 6) is 0.732. The first-order chi connectivity index (χ1) is 18.6. The molecule has 5 rings (SSSR count). The predicted molar refractivity (Wildman–Crippen MR) is 150 cm³/mol. The molecule has 0 unspecified atom stereocenters. The van der Waals surface area contributed by atoms with Crippen molar-refractivity contribution in [3.8, 4) is 17.2 Å². The molecule has 4 aromatic rings. The van der Waals surface area contributed by atoms with Gasteiger partial charge in [0, 0.05) is 44.5 Å². The molecule has 3 heterocycles. The Morgan fingerprint density at radius 3 is 2.58 bits per heavy atom. The highest BCUT2D eigenvalue weighted by atomic mass is 16.1. The molecule has 38 heavy (non-hydrogen) atoms. The average molecular weight is 503 g/mol. The fourth-order valence-corrected chi connectivity index (χ4v) is 4.73. The summed E-state index contributed by atoms with van der Waals surface area (Å²) in [6.45, 7) is 6.69. The van der Waals surface area contributed by atoms with Crippen LogP contribution < -0.4 is 10.2 Å². The van der Waals surface area contributed by atoms with E-state index >= 15 is 0 Å². The van der Waals surface area contributed by atoms with Crippen molar-refractivity contribution in [3.63, 3.8) is 0 Å². The van der Waals surface area contributed by atoms with Crippen LogP contribution in [0.1, 0.15) is 33.6 Å². The third-order valence-electron chi connectivity index (χ3n) is 6.85. The Kier molecular flexibility index (Phi) is 7.72.